The molecule has 0 aliphatic rings. The van der Waals surface area contributed by atoms with E-state index in [-0.39, 0.29) is 5.69 Å². The third-order valence-corrected chi connectivity index (χ3v) is 4.84. The number of benzene rings is 3. The van der Waals surface area contributed by atoms with Crippen LogP contribution < -0.4 is 14.4 Å². The van der Waals surface area contributed by atoms with E-state index in [4.69, 9.17) is 9.47 Å². The van der Waals surface area contributed by atoms with Gasteiger partial charge >= 0.3 is 0 Å². The van der Waals surface area contributed by atoms with E-state index in [9.17, 15) is 8.78 Å². The van der Waals surface area contributed by atoms with E-state index in [0.717, 1.165) is 28.7 Å². The molecule has 0 aliphatic carbocycles. The summed E-state index contributed by atoms with van der Waals surface area (Å²) >= 11 is 3.26. The first-order valence-electron chi connectivity index (χ1n) is 8.65. The van der Waals surface area contributed by atoms with Crippen LogP contribution in [0.2, 0.25) is 0 Å². The van der Waals surface area contributed by atoms with E-state index in [1.54, 1.807) is 25.2 Å². The standard InChI is InChI=1S/C22H20BrF2NO2/c1-27-18-7-3-15(4-8-18)13-26(14-16-5-9-19(28-2)10-6-16)21-12-17(23)11-20(24)22(21)25/h3-12H,13-14H2,1-2H3. The summed E-state index contributed by atoms with van der Waals surface area (Å²) in [6, 6.07) is 17.7. The number of nitrogens with zero attached hydrogens (tertiary/aromatic N) is 1. The molecule has 146 valence electrons. The molecule has 0 saturated heterocycles. The molecule has 0 amide bonds. The summed E-state index contributed by atoms with van der Waals surface area (Å²) in [5, 5.41) is 0. The molecule has 3 nitrogen and oxygen atoms in total. The molecule has 0 aromatic heterocycles. The van der Waals surface area contributed by atoms with Gasteiger partial charge < -0.3 is 14.4 Å². The Kier molecular flexibility index (Phi) is 6.52. The number of ether oxygens (including phenoxy) is 2. The van der Waals surface area contributed by atoms with Gasteiger partial charge in [-0.2, -0.15) is 0 Å². The maximum atomic E-state index is 14.6. The zero-order chi connectivity index (χ0) is 20.1. The smallest absolute Gasteiger partial charge is 0.182 e. The Morgan fingerprint density at radius 2 is 1.25 bits per heavy atom. The molecule has 0 bridgehead atoms. The van der Waals surface area contributed by atoms with E-state index in [2.05, 4.69) is 15.9 Å². The lowest BCUT2D eigenvalue weighted by atomic mass is 10.1. The van der Waals surface area contributed by atoms with Gasteiger partial charge in [-0.15, -0.1) is 0 Å². The van der Waals surface area contributed by atoms with Crippen LogP contribution in [0.1, 0.15) is 11.1 Å². The first kappa shape index (κ1) is 20.1. The van der Waals surface area contributed by atoms with Gasteiger partial charge in [0.1, 0.15) is 11.5 Å². The van der Waals surface area contributed by atoms with Gasteiger partial charge in [0, 0.05) is 17.6 Å². The van der Waals surface area contributed by atoms with Crippen molar-refractivity contribution in [3.63, 3.8) is 0 Å². The Labute approximate surface area is 171 Å². The molecule has 3 rings (SSSR count). The summed E-state index contributed by atoms with van der Waals surface area (Å²) in [5.41, 5.74) is 2.10. The molecular formula is C22H20BrF2NO2. The van der Waals surface area contributed by atoms with Gasteiger partial charge in [0.25, 0.3) is 0 Å². The van der Waals surface area contributed by atoms with Crippen LogP contribution in [0, 0.1) is 11.6 Å². The zero-order valence-electron chi connectivity index (χ0n) is 15.6. The molecule has 6 heteroatoms. The molecule has 3 aromatic carbocycles. The minimum absolute atomic E-state index is 0.193. The molecule has 0 heterocycles. The van der Waals surface area contributed by atoms with Crippen LogP contribution in [0.5, 0.6) is 11.5 Å². The fraction of sp³-hybridized carbons (Fsp3) is 0.182. The van der Waals surface area contributed by atoms with Crippen LogP contribution >= 0.6 is 15.9 Å². The topological polar surface area (TPSA) is 21.7 Å². The molecule has 0 atom stereocenters. The van der Waals surface area contributed by atoms with Gasteiger partial charge in [-0.3, -0.25) is 0 Å². The highest BCUT2D eigenvalue weighted by Crippen LogP contribution is 2.30. The van der Waals surface area contributed by atoms with Crippen LogP contribution in [0.25, 0.3) is 0 Å². The molecule has 0 unspecified atom stereocenters. The second kappa shape index (κ2) is 9.06. The fourth-order valence-electron chi connectivity index (χ4n) is 2.90. The second-order valence-electron chi connectivity index (χ2n) is 6.27. The molecule has 0 fully saturated rings. The molecule has 0 radical (unpaired) electrons. The summed E-state index contributed by atoms with van der Waals surface area (Å²) in [4.78, 5) is 1.80. The quantitative estimate of drug-likeness (QED) is 0.417. The number of hydrogen-bond acceptors (Lipinski definition) is 3. The normalized spacial score (nSPS) is 10.6. The van der Waals surface area contributed by atoms with Gasteiger partial charge in [-0.25, -0.2) is 8.78 Å². The van der Waals surface area contributed by atoms with E-state index >= 15 is 0 Å². The van der Waals surface area contributed by atoms with Crippen LogP contribution in [-0.4, -0.2) is 14.2 Å². The third kappa shape index (κ3) is 4.81. The summed E-state index contributed by atoms with van der Waals surface area (Å²) in [6.45, 7) is 0.811. The lowest BCUT2D eigenvalue weighted by Crippen LogP contribution is -2.23. The van der Waals surface area contributed by atoms with E-state index in [1.807, 2.05) is 48.5 Å². The van der Waals surface area contributed by atoms with Crippen molar-refractivity contribution in [2.75, 3.05) is 19.1 Å². The van der Waals surface area contributed by atoms with Crippen LogP contribution in [0.15, 0.2) is 65.1 Å². The molecule has 0 aliphatic heterocycles. The lowest BCUT2D eigenvalue weighted by molar-refractivity contribution is 0.414. The van der Waals surface area contributed by atoms with Crippen LogP contribution in [0.3, 0.4) is 0 Å². The minimum Gasteiger partial charge on any atom is -0.497 e. The van der Waals surface area contributed by atoms with Crippen molar-refractivity contribution in [2.45, 2.75) is 13.1 Å². The van der Waals surface area contributed by atoms with Gasteiger partial charge in [0.05, 0.1) is 19.9 Å². The summed E-state index contributed by atoms with van der Waals surface area (Å²) in [6.07, 6.45) is 0. The van der Waals surface area contributed by atoms with Gasteiger partial charge in [0.15, 0.2) is 11.6 Å². The van der Waals surface area contributed by atoms with E-state index < -0.39 is 11.6 Å². The second-order valence-corrected chi connectivity index (χ2v) is 7.19. The highest BCUT2D eigenvalue weighted by molar-refractivity contribution is 9.10. The van der Waals surface area contributed by atoms with Gasteiger partial charge in [-0.1, -0.05) is 40.2 Å². The molecular weight excluding hydrogens is 428 g/mol. The minimum atomic E-state index is -0.890. The molecule has 0 saturated carbocycles. The van der Waals surface area contributed by atoms with E-state index in [0.29, 0.717) is 17.6 Å². The predicted molar refractivity (Wildman–Crippen MR) is 110 cm³/mol. The maximum Gasteiger partial charge on any atom is 0.182 e. The number of halogens is 3. The zero-order valence-corrected chi connectivity index (χ0v) is 17.2. The van der Waals surface area contributed by atoms with Crippen molar-refractivity contribution in [2.24, 2.45) is 0 Å². The SMILES string of the molecule is COc1ccc(CN(Cc2ccc(OC)cc2)c2cc(Br)cc(F)c2F)cc1. The lowest BCUT2D eigenvalue weighted by Gasteiger charge is -2.26. The van der Waals surface area contributed by atoms with Crippen molar-refractivity contribution in [1.82, 2.24) is 0 Å². The summed E-state index contributed by atoms with van der Waals surface area (Å²) in [7, 11) is 3.20. The highest BCUT2D eigenvalue weighted by atomic mass is 79.9. The van der Waals surface area contributed by atoms with Crippen molar-refractivity contribution >= 4 is 21.6 Å². The average molecular weight is 448 g/mol. The fourth-order valence-corrected chi connectivity index (χ4v) is 3.32. The number of anilines is 1. The predicted octanol–water partition coefficient (Wildman–Crippen LogP) is 5.95. The van der Waals surface area contributed by atoms with Crippen molar-refractivity contribution in [1.29, 1.82) is 0 Å². The van der Waals surface area contributed by atoms with Crippen molar-refractivity contribution in [3.05, 3.63) is 87.9 Å². The summed E-state index contributed by atoms with van der Waals surface area (Å²) in [5.74, 6) is -0.278. The Hall–Kier alpha value is -2.60. The Bertz CT molecular complexity index is 881. The highest BCUT2D eigenvalue weighted by Gasteiger charge is 2.18. The number of methoxy groups -OCH3 is 2. The number of rotatable bonds is 7. The third-order valence-electron chi connectivity index (χ3n) is 4.38. The monoisotopic (exact) mass is 447 g/mol. The molecule has 0 N–H and O–H groups in total. The van der Waals surface area contributed by atoms with E-state index in [1.165, 1.54) is 0 Å². The Morgan fingerprint density at radius 3 is 1.68 bits per heavy atom. The van der Waals surface area contributed by atoms with Gasteiger partial charge in [0.2, 0.25) is 0 Å². The van der Waals surface area contributed by atoms with Crippen LogP contribution in [0.4, 0.5) is 14.5 Å². The van der Waals surface area contributed by atoms with Gasteiger partial charge in [-0.05, 0) is 47.5 Å². The average Bonchev–Trinajstić information content (AvgIpc) is 2.71. The number of hydrogen-bond donors (Lipinski definition) is 0. The molecule has 28 heavy (non-hydrogen) atoms. The first-order valence-corrected chi connectivity index (χ1v) is 9.45. The van der Waals surface area contributed by atoms with Crippen molar-refractivity contribution in [3.8, 4) is 11.5 Å². The molecule has 3 aromatic rings. The van der Waals surface area contributed by atoms with Crippen LogP contribution in [-0.2, 0) is 13.1 Å². The largest absolute Gasteiger partial charge is 0.497 e. The summed E-state index contributed by atoms with van der Waals surface area (Å²) < 4.78 is 39.5. The van der Waals surface area contributed by atoms with Crippen molar-refractivity contribution < 1.29 is 18.3 Å². The Balaban J connectivity index is 1.94. The maximum absolute atomic E-state index is 14.6. The first-order chi connectivity index (χ1) is 13.5. The Morgan fingerprint density at radius 1 is 0.786 bits per heavy atom. The molecule has 0 spiro atoms.